The Kier molecular flexibility index (Phi) is 4.61. The number of carbonyl (C=O) groups is 1. The predicted molar refractivity (Wildman–Crippen MR) is 96.5 cm³/mol. The molecule has 26 heavy (non-hydrogen) atoms. The van der Waals surface area contributed by atoms with Crippen LogP contribution in [0.15, 0.2) is 40.2 Å². The molecular formula is C17H19N5O4. The molecule has 0 bridgehead atoms. The number of amides is 1. The lowest BCUT2D eigenvalue weighted by atomic mass is 10.3. The van der Waals surface area contributed by atoms with Crippen LogP contribution in [0.1, 0.15) is 6.92 Å². The number of aryl methyl sites for hydroxylation is 2. The van der Waals surface area contributed by atoms with Crippen LogP contribution >= 0.6 is 0 Å². The van der Waals surface area contributed by atoms with Gasteiger partial charge in [0, 0.05) is 19.8 Å². The van der Waals surface area contributed by atoms with E-state index < -0.39 is 17.2 Å². The first-order valence-electron chi connectivity index (χ1n) is 8.06. The molecule has 3 aromatic rings. The number of ether oxygens (including phenoxy) is 1. The number of fused-ring (bicyclic) bond motifs is 1. The molecule has 1 aromatic carbocycles. The quantitative estimate of drug-likeness (QED) is 0.715. The fraction of sp³-hybridized carbons (Fsp3) is 0.294. The number of rotatable bonds is 5. The molecule has 9 nitrogen and oxygen atoms in total. The molecule has 0 radical (unpaired) electrons. The molecule has 136 valence electrons. The van der Waals surface area contributed by atoms with Crippen molar-refractivity contribution in [1.29, 1.82) is 0 Å². The van der Waals surface area contributed by atoms with Crippen LogP contribution in [0.5, 0.6) is 5.75 Å². The van der Waals surface area contributed by atoms with Gasteiger partial charge in [-0.25, -0.2) is 14.3 Å². The van der Waals surface area contributed by atoms with E-state index >= 15 is 0 Å². The molecule has 0 fully saturated rings. The van der Waals surface area contributed by atoms with Crippen molar-refractivity contribution in [3.8, 4) is 5.75 Å². The highest BCUT2D eigenvalue weighted by Crippen LogP contribution is 2.15. The van der Waals surface area contributed by atoms with E-state index in [0.29, 0.717) is 18.0 Å². The lowest BCUT2D eigenvalue weighted by Crippen LogP contribution is -2.42. The largest absolute Gasteiger partial charge is 0.494 e. The van der Waals surface area contributed by atoms with Crippen molar-refractivity contribution in [3.05, 3.63) is 51.4 Å². The molecule has 2 aromatic heterocycles. The predicted octanol–water partition coefficient (Wildman–Crippen LogP) is 0.471. The minimum absolute atomic E-state index is 0.265. The van der Waals surface area contributed by atoms with Gasteiger partial charge in [0.25, 0.3) is 5.56 Å². The molecule has 2 heterocycles. The summed E-state index contributed by atoms with van der Waals surface area (Å²) in [4.78, 5) is 41.3. The Bertz CT molecular complexity index is 1080. The van der Waals surface area contributed by atoms with Crippen LogP contribution in [0, 0.1) is 0 Å². The zero-order valence-electron chi connectivity index (χ0n) is 14.7. The van der Waals surface area contributed by atoms with Crippen molar-refractivity contribution >= 4 is 22.8 Å². The van der Waals surface area contributed by atoms with E-state index in [9.17, 15) is 14.4 Å². The Labute approximate surface area is 148 Å². The molecule has 0 atom stereocenters. The van der Waals surface area contributed by atoms with Crippen LogP contribution in [0.2, 0.25) is 0 Å². The van der Waals surface area contributed by atoms with Crippen LogP contribution in [0.3, 0.4) is 0 Å². The molecular weight excluding hydrogens is 338 g/mol. The van der Waals surface area contributed by atoms with Crippen molar-refractivity contribution in [2.45, 2.75) is 13.5 Å². The first kappa shape index (κ1) is 17.5. The number of aromatic nitrogens is 4. The smallest absolute Gasteiger partial charge is 0.332 e. The second-order valence-electron chi connectivity index (χ2n) is 5.77. The van der Waals surface area contributed by atoms with Gasteiger partial charge in [0.05, 0.1) is 12.9 Å². The first-order valence-corrected chi connectivity index (χ1v) is 8.06. The summed E-state index contributed by atoms with van der Waals surface area (Å²) in [5.41, 5.74) is -0.0513. The van der Waals surface area contributed by atoms with E-state index in [1.54, 1.807) is 31.3 Å². The first-order chi connectivity index (χ1) is 12.4. The maximum atomic E-state index is 12.6. The van der Waals surface area contributed by atoms with Gasteiger partial charge >= 0.3 is 5.69 Å². The van der Waals surface area contributed by atoms with Crippen molar-refractivity contribution < 1.29 is 9.53 Å². The zero-order valence-corrected chi connectivity index (χ0v) is 14.7. The Morgan fingerprint density at radius 1 is 1.19 bits per heavy atom. The number of hydrogen-bond acceptors (Lipinski definition) is 5. The van der Waals surface area contributed by atoms with Crippen LogP contribution in [-0.4, -0.2) is 31.2 Å². The summed E-state index contributed by atoms with van der Waals surface area (Å²) in [5, 5.41) is 2.67. The van der Waals surface area contributed by atoms with Gasteiger partial charge in [-0.15, -0.1) is 0 Å². The topological polar surface area (TPSA) is 100 Å². The van der Waals surface area contributed by atoms with Crippen molar-refractivity contribution in [2.75, 3.05) is 11.9 Å². The number of anilines is 1. The highest BCUT2D eigenvalue weighted by atomic mass is 16.5. The number of nitrogens with zero attached hydrogens (tertiary/aromatic N) is 4. The van der Waals surface area contributed by atoms with Crippen molar-refractivity contribution in [1.82, 2.24) is 18.7 Å². The molecule has 0 aliphatic carbocycles. The molecule has 0 unspecified atom stereocenters. The number of nitrogens with one attached hydrogen (secondary N) is 1. The van der Waals surface area contributed by atoms with Crippen molar-refractivity contribution in [2.24, 2.45) is 14.1 Å². The van der Waals surface area contributed by atoms with Gasteiger partial charge < -0.3 is 14.6 Å². The third-order valence-corrected chi connectivity index (χ3v) is 3.95. The summed E-state index contributed by atoms with van der Waals surface area (Å²) in [6, 6.07) is 6.83. The second kappa shape index (κ2) is 6.87. The van der Waals surface area contributed by atoms with Gasteiger partial charge in [-0.1, -0.05) is 0 Å². The lowest BCUT2D eigenvalue weighted by molar-refractivity contribution is -0.116. The van der Waals surface area contributed by atoms with Gasteiger partial charge in [-0.05, 0) is 31.2 Å². The summed E-state index contributed by atoms with van der Waals surface area (Å²) in [6.07, 6.45) is 1.45. The van der Waals surface area contributed by atoms with Crippen LogP contribution < -0.4 is 21.3 Å². The molecule has 3 rings (SSSR count). The van der Waals surface area contributed by atoms with Gasteiger partial charge in [0.2, 0.25) is 5.91 Å². The molecule has 0 aliphatic heterocycles. The molecule has 1 amide bonds. The Morgan fingerprint density at radius 3 is 2.54 bits per heavy atom. The molecule has 0 aliphatic rings. The fourth-order valence-corrected chi connectivity index (χ4v) is 2.68. The van der Waals surface area contributed by atoms with Gasteiger partial charge in [0.15, 0.2) is 11.2 Å². The van der Waals surface area contributed by atoms with E-state index in [1.165, 1.54) is 22.5 Å². The zero-order chi connectivity index (χ0) is 18.8. The third-order valence-electron chi connectivity index (χ3n) is 3.95. The number of hydrogen-bond donors (Lipinski definition) is 1. The summed E-state index contributed by atoms with van der Waals surface area (Å²) in [7, 11) is 3.17. The highest BCUT2D eigenvalue weighted by molar-refractivity contribution is 5.90. The maximum absolute atomic E-state index is 12.6. The SMILES string of the molecule is CCOc1ccc(NC(=O)Cn2c(=O)c3c(ncn3C)n(C)c2=O)cc1. The number of carbonyl (C=O) groups excluding carboxylic acids is 1. The van der Waals surface area contributed by atoms with Crippen LogP contribution in [0.4, 0.5) is 5.69 Å². The lowest BCUT2D eigenvalue weighted by Gasteiger charge is -2.10. The minimum atomic E-state index is -0.594. The summed E-state index contributed by atoms with van der Waals surface area (Å²) in [5.74, 6) is 0.215. The minimum Gasteiger partial charge on any atom is -0.494 e. The van der Waals surface area contributed by atoms with Gasteiger partial charge in [-0.3, -0.25) is 14.2 Å². The average Bonchev–Trinajstić information content (AvgIpc) is 3.01. The molecule has 9 heteroatoms. The van der Waals surface area contributed by atoms with Crippen LogP contribution in [-0.2, 0) is 25.4 Å². The summed E-state index contributed by atoms with van der Waals surface area (Å²) >= 11 is 0. The number of imidazole rings is 1. The Balaban J connectivity index is 1.86. The van der Waals surface area contributed by atoms with E-state index in [-0.39, 0.29) is 17.7 Å². The van der Waals surface area contributed by atoms with E-state index in [1.807, 2.05) is 6.92 Å². The van der Waals surface area contributed by atoms with Gasteiger partial charge in [0.1, 0.15) is 12.3 Å². The standard InChI is InChI=1S/C17H19N5O4/c1-4-26-12-7-5-11(6-8-12)19-13(23)9-22-16(24)14-15(18-10-20(14)2)21(3)17(22)25/h5-8,10H,4,9H2,1-3H3,(H,19,23). The highest BCUT2D eigenvalue weighted by Gasteiger charge is 2.17. The van der Waals surface area contributed by atoms with Crippen molar-refractivity contribution in [3.63, 3.8) is 0 Å². The van der Waals surface area contributed by atoms with E-state index in [0.717, 1.165) is 4.57 Å². The summed E-state index contributed by atoms with van der Waals surface area (Å²) < 4.78 is 9.01. The molecule has 1 N–H and O–H groups in total. The molecule has 0 saturated carbocycles. The summed E-state index contributed by atoms with van der Waals surface area (Å²) in [6.45, 7) is 2.04. The fourth-order valence-electron chi connectivity index (χ4n) is 2.68. The van der Waals surface area contributed by atoms with Gasteiger partial charge in [-0.2, -0.15) is 0 Å². The maximum Gasteiger partial charge on any atom is 0.332 e. The molecule has 0 spiro atoms. The Hall–Kier alpha value is -3.36. The average molecular weight is 357 g/mol. The molecule has 0 saturated heterocycles. The Morgan fingerprint density at radius 2 is 1.88 bits per heavy atom. The third kappa shape index (κ3) is 3.10. The monoisotopic (exact) mass is 357 g/mol. The second-order valence-corrected chi connectivity index (χ2v) is 5.77. The van der Waals surface area contributed by atoms with E-state index in [4.69, 9.17) is 4.74 Å². The number of benzene rings is 1. The van der Waals surface area contributed by atoms with Crippen LogP contribution in [0.25, 0.3) is 11.2 Å². The normalized spacial score (nSPS) is 10.9. The van der Waals surface area contributed by atoms with E-state index in [2.05, 4.69) is 10.3 Å².